The number of carbonyl (C=O) groups is 1. The number of fused-ring (bicyclic) bond motifs is 1. The first-order valence-electron chi connectivity index (χ1n) is 12.7. The number of anilines is 2. The third-order valence-electron chi connectivity index (χ3n) is 6.67. The normalized spacial score (nSPS) is 14.0. The van der Waals surface area contributed by atoms with E-state index in [1.165, 1.54) is 0 Å². The third kappa shape index (κ3) is 7.03. The molecule has 12 heteroatoms. The lowest BCUT2D eigenvalue weighted by atomic mass is 10.2. The molecule has 0 aliphatic carbocycles. The Balaban J connectivity index is 0.00000370. The molecule has 0 spiro atoms. The van der Waals surface area contributed by atoms with Gasteiger partial charge in [0.25, 0.3) is 15.9 Å². The number of aromatic nitrogens is 1. The summed E-state index contributed by atoms with van der Waals surface area (Å²) in [6, 6.07) is 19.0. The number of nitrogens with one attached hydrogen (secondary N) is 2. The van der Waals surface area contributed by atoms with Crippen molar-refractivity contribution in [3.63, 3.8) is 0 Å². The van der Waals surface area contributed by atoms with E-state index in [1.54, 1.807) is 67.0 Å². The maximum absolute atomic E-state index is 12.6. The van der Waals surface area contributed by atoms with Crippen molar-refractivity contribution in [3.8, 4) is 5.75 Å². The predicted molar refractivity (Wildman–Crippen MR) is 163 cm³/mol. The van der Waals surface area contributed by atoms with Crippen LogP contribution in [0.1, 0.15) is 15.9 Å². The molecular weight excluding hydrogens is 570 g/mol. The molecule has 0 bridgehead atoms. The van der Waals surface area contributed by atoms with Crippen LogP contribution in [0, 0.1) is 6.92 Å². The predicted octanol–water partition coefficient (Wildman–Crippen LogP) is 4.39. The molecule has 1 amide bonds. The number of ether oxygens (including phenoxy) is 1. The lowest BCUT2D eigenvalue weighted by molar-refractivity contribution is 0.0948. The van der Waals surface area contributed by atoms with Gasteiger partial charge in [-0.1, -0.05) is 29.0 Å². The number of methoxy groups -OCH3 is 1. The van der Waals surface area contributed by atoms with E-state index in [0.29, 0.717) is 17.8 Å². The molecule has 0 atom stereocenters. The molecule has 0 radical (unpaired) electrons. The number of nitrogens with zero attached hydrogens (tertiary/aromatic N) is 3. The average molecular weight is 602 g/mol. The van der Waals surface area contributed by atoms with Gasteiger partial charge in [-0.05, 0) is 61.5 Å². The summed E-state index contributed by atoms with van der Waals surface area (Å²) in [5.74, 6) is 0.648. The topological polar surface area (TPSA) is 104 Å². The highest BCUT2D eigenvalue weighted by Gasteiger charge is 2.20. The molecule has 1 saturated heterocycles. The summed E-state index contributed by atoms with van der Waals surface area (Å²) in [6.07, 6.45) is 0. The molecular formula is C28H32ClN5O4S2. The van der Waals surface area contributed by atoms with Crippen LogP contribution in [0.15, 0.2) is 71.6 Å². The van der Waals surface area contributed by atoms with Crippen molar-refractivity contribution >= 4 is 60.7 Å². The molecule has 40 heavy (non-hydrogen) atoms. The number of hydrogen-bond donors (Lipinski definition) is 2. The van der Waals surface area contributed by atoms with E-state index in [1.807, 2.05) is 25.1 Å². The molecule has 1 aromatic heterocycles. The minimum atomic E-state index is -3.69. The van der Waals surface area contributed by atoms with Crippen molar-refractivity contribution in [2.24, 2.45) is 0 Å². The molecule has 2 heterocycles. The number of halogens is 1. The summed E-state index contributed by atoms with van der Waals surface area (Å²) < 4.78 is 34.2. The fourth-order valence-corrected chi connectivity index (χ4v) is 6.47. The Morgan fingerprint density at radius 2 is 1.70 bits per heavy atom. The van der Waals surface area contributed by atoms with Crippen LogP contribution >= 0.6 is 23.7 Å². The van der Waals surface area contributed by atoms with Crippen LogP contribution in [0.2, 0.25) is 0 Å². The molecule has 9 nitrogen and oxygen atoms in total. The fourth-order valence-electron chi connectivity index (χ4n) is 4.37. The number of thiazole rings is 1. The lowest BCUT2D eigenvalue weighted by Crippen LogP contribution is -2.48. The Morgan fingerprint density at radius 3 is 2.38 bits per heavy atom. The number of hydrogen-bond acceptors (Lipinski definition) is 8. The van der Waals surface area contributed by atoms with Gasteiger partial charge in [0.2, 0.25) is 0 Å². The number of sulfonamides is 1. The van der Waals surface area contributed by atoms with E-state index in [2.05, 4.69) is 19.8 Å². The van der Waals surface area contributed by atoms with Gasteiger partial charge < -0.3 is 15.0 Å². The zero-order valence-electron chi connectivity index (χ0n) is 22.3. The van der Waals surface area contributed by atoms with Crippen LogP contribution in [0.5, 0.6) is 5.75 Å². The first-order chi connectivity index (χ1) is 18.8. The number of piperazine rings is 1. The van der Waals surface area contributed by atoms with Crippen molar-refractivity contribution < 1.29 is 17.9 Å². The molecule has 0 saturated carbocycles. The Morgan fingerprint density at radius 1 is 1.00 bits per heavy atom. The highest BCUT2D eigenvalue weighted by Crippen LogP contribution is 2.31. The molecule has 1 aliphatic rings. The smallest absolute Gasteiger partial charge is 0.261 e. The Kier molecular flexibility index (Phi) is 9.52. The number of amides is 1. The minimum absolute atomic E-state index is 0. The standard InChI is InChI=1S/C28H31N5O4S2.ClH/c1-20-3-10-24(11-4-20)39(35,36)31-22-7-5-21(6-8-22)27(34)29-13-14-32-15-17-33(18-16-32)28-30-25-12-9-23(37-2)19-26(25)38-28;/h3-12,19,31H,13-18H2,1-2H3,(H,29,34);1H. The summed E-state index contributed by atoms with van der Waals surface area (Å²) in [7, 11) is -2.02. The number of carbonyl (C=O) groups excluding carboxylic acids is 1. The van der Waals surface area contributed by atoms with E-state index in [4.69, 9.17) is 9.72 Å². The first kappa shape index (κ1) is 29.6. The van der Waals surface area contributed by atoms with Gasteiger partial charge in [-0.2, -0.15) is 0 Å². The fraction of sp³-hybridized carbons (Fsp3) is 0.286. The highest BCUT2D eigenvalue weighted by molar-refractivity contribution is 7.92. The maximum atomic E-state index is 12.6. The van der Waals surface area contributed by atoms with Gasteiger partial charge in [-0.25, -0.2) is 13.4 Å². The van der Waals surface area contributed by atoms with Gasteiger partial charge in [-0.3, -0.25) is 14.4 Å². The van der Waals surface area contributed by atoms with Crippen molar-refractivity contribution in [1.29, 1.82) is 0 Å². The van der Waals surface area contributed by atoms with Crippen LogP contribution in [-0.2, 0) is 10.0 Å². The van der Waals surface area contributed by atoms with E-state index >= 15 is 0 Å². The Bertz CT molecular complexity index is 1550. The van der Waals surface area contributed by atoms with Gasteiger partial charge in [0.05, 0.1) is 22.2 Å². The van der Waals surface area contributed by atoms with Gasteiger partial charge in [0.15, 0.2) is 5.13 Å². The van der Waals surface area contributed by atoms with Crippen LogP contribution in [0.4, 0.5) is 10.8 Å². The van der Waals surface area contributed by atoms with Crippen LogP contribution in [0.3, 0.4) is 0 Å². The summed E-state index contributed by atoms with van der Waals surface area (Å²) in [5.41, 5.74) is 2.85. The lowest BCUT2D eigenvalue weighted by Gasteiger charge is -2.34. The van der Waals surface area contributed by atoms with Gasteiger partial charge in [-0.15, -0.1) is 12.4 Å². The largest absolute Gasteiger partial charge is 0.497 e. The summed E-state index contributed by atoms with van der Waals surface area (Å²) >= 11 is 1.68. The zero-order valence-corrected chi connectivity index (χ0v) is 24.7. The molecule has 1 fully saturated rings. The average Bonchev–Trinajstić information content (AvgIpc) is 3.37. The summed E-state index contributed by atoms with van der Waals surface area (Å²) in [6.45, 7) is 6.73. The van der Waals surface area contributed by atoms with E-state index in [0.717, 1.165) is 59.4 Å². The Hall–Kier alpha value is -3.38. The molecule has 4 aromatic rings. The van der Waals surface area contributed by atoms with Crippen molar-refractivity contribution in [2.75, 3.05) is 56.0 Å². The second kappa shape index (κ2) is 12.9. The van der Waals surface area contributed by atoms with E-state index in [-0.39, 0.29) is 23.2 Å². The number of rotatable bonds is 9. The third-order valence-corrected chi connectivity index (χ3v) is 9.15. The van der Waals surface area contributed by atoms with Crippen molar-refractivity contribution in [1.82, 2.24) is 15.2 Å². The Labute approximate surface area is 244 Å². The quantitative estimate of drug-likeness (QED) is 0.293. The maximum Gasteiger partial charge on any atom is 0.261 e. The van der Waals surface area contributed by atoms with Gasteiger partial charge in [0.1, 0.15) is 5.75 Å². The number of benzene rings is 3. The molecule has 2 N–H and O–H groups in total. The van der Waals surface area contributed by atoms with E-state index < -0.39 is 10.0 Å². The molecule has 212 valence electrons. The minimum Gasteiger partial charge on any atom is -0.497 e. The second-order valence-electron chi connectivity index (χ2n) is 9.41. The second-order valence-corrected chi connectivity index (χ2v) is 12.1. The molecule has 1 aliphatic heterocycles. The van der Waals surface area contributed by atoms with E-state index in [9.17, 15) is 13.2 Å². The highest BCUT2D eigenvalue weighted by atomic mass is 35.5. The SMILES string of the molecule is COc1ccc2nc(N3CCN(CCNC(=O)c4ccc(NS(=O)(=O)c5ccc(C)cc5)cc4)CC3)sc2c1.Cl. The van der Waals surface area contributed by atoms with Crippen molar-refractivity contribution in [2.45, 2.75) is 11.8 Å². The monoisotopic (exact) mass is 601 g/mol. The number of aryl methyl sites for hydroxylation is 1. The van der Waals surface area contributed by atoms with Crippen molar-refractivity contribution in [3.05, 3.63) is 77.9 Å². The van der Waals surface area contributed by atoms with Gasteiger partial charge in [0, 0.05) is 50.5 Å². The summed E-state index contributed by atoms with van der Waals surface area (Å²) in [4.78, 5) is 22.2. The first-order valence-corrected chi connectivity index (χ1v) is 15.0. The van der Waals surface area contributed by atoms with Gasteiger partial charge >= 0.3 is 0 Å². The summed E-state index contributed by atoms with van der Waals surface area (Å²) in [5, 5.41) is 3.99. The molecule has 0 unspecified atom stereocenters. The van der Waals surface area contributed by atoms with Crippen LogP contribution < -0.4 is 19.7 Å². The van der Waals surface area contributed by atoms with Crippen LogP contribution in [0.25, 0.3) is 10.2 Å². The van der Waals surface area contributed by atoms with Crippen LogP contribution in [-0.4, -0.2) is 70.6 Å². The molecule has 5 rings (SSSR count). The zero-order chi connectivity index (χ0) is 27.4. The molecule has 3 aromatic carbocycles.